The number of amides is 3. The van der Waals surface area contributed by atoms with Crippen LogP contribution in [0.4, 0.5) is 5.69 Å². The Morgan fingerprint density at radius 3 is 2.29 bits per heavy atom. The van der Waals surface area contributed by atoms with Crippen molar-refractivity contribution in [1.82, 2.24) is 9.88 Å². The van der Waals surface area contributed by atoms with Crippen molar-refractivity contribution in [2.75, 3.05) is 11.9 Å². The summed E-state index contributed by atoms with van der Waals surface area (Å²) in [7, 11) is 0. The van der Waals surface area contributed by atoms with Crippen LogP contribution in [0.5, 0.6) is 0 Å². The standard InChI is InChI=1S/C28H25N3O3/c32-26(30-21-8-2-1-3-9-21)12-6-7-19-13-14-25-24(17-19)20(18-29-25)15-16-31-27(33)22-10-4-5-11-23(22)28(31)34/h1-5,8-11,13-14,17-18,29H,6-7,12,15-16H2,(H,30,32). The molecule has 0 unspecified atom stereocenters. The summed E-state index contributed by atoms with van der Waals surface area (Å²) in [6.07, 6.45) is 4.52. The number of carbonyl (C=O) groups is 3. The van der Waals surface area contributed by atoms with Crippen LogP contribution in [0.15, 0.2) is 79.0 Å². The molecule has 2 N–H and O–H groups in total. The molecule has 0 radical (unpaired) electrons. The highest BCUT2D eigenvalue weighted by Gasteiger charge is 2.34. The van der Waals surface area contributed by atoms with Crippen LogP contribution in [0.25, 0.3) is 10.9 Å². The predicted molar refractivity (Wildman–Crippen MR) is 132 cm³/mol. The van der Waals surface area contributed by atoms with Crippen molar-refractivity contribution < 1.29 is 14.4 Å². The number of aromatic nitrogens is 1. The molecule has 5 rings (SSSR count). The van der Waals surface area contributed by atoms with Crippen molar-refractivity contribution in [2.24, 2.45) is 0 Å². The molecule has 170 valence electrons. The first-order valence-corrected chi connectivity index (χ1v) is 11.5. The fraction of sp³-hybridized carbons (Fsp3) is 0.179. The number of imide groups is 1. The number of hydrogen-bond donors (Lipinski definition) is 2. The fourth-order valence-corrected chi connectivity index (χ4v) is 4.46. The highest BCUT2D eigenvalue weighted by molar-refractivity contribution is 6.21. The van der Waals surface area contributed by atoms with Crippen molar-refractivity contribution in [3.63, 3.8) is 0 Å². The molecule has 3 aromatic carbocycles. The highest BCUT2D eigenvalue weighted by Crippen LogP contribution is 2.25. The van der Waals surface area contributed by atoms with Crippen molar-refractivity contribution in [2.45, 2.75) is 25.7 Å². The molecular formula is C28H25N3O3. The molecule has 4 aromatic rings. The summed E-state index contributed by atoms with van der Waals surface area (Å²) >= 11 is 0. The van der Waals surface area contributed by atoms with Crippen molar-refractivity contribution >= 4 is 34.3 Å². The van der Waals surface area contributed by atoms with E-state index >= 15 is 0 Å². The minimum Gasteiger partial charge on any atom is -0.361 e. The molecule has 0 saturated carbocycles. The Kier molecular flexibility index (Phi) is 5.95. The maximum atomic E-state index is 12.6. The van der Waals surface area contributed by atoms with Crippen LogP contribution >= 0.6 is 0 Å². The second-order valence-electron chi connectivity index (χ2n) is 8.52. The molecule has 34 heavy (non-hydrogen) atoms. The zero-order valence-corrected chi connectivity index (χ0v) is 18.7. The first-order valence-electron chi connectivity index (χ1n) is 11.5. The van der Waals surface area contributed by atoms with Crippen LogP contribution in [-0.2, 0) is 17.6 Å². The third-order valence-corrected chi connectivity index (χ3v) is 6.24. The zero-order chi connectivity index (χ0) is 23.5. The van der Waals surface area contributed by atoms with Crippen LogP contribution in [-0.4, -0.2) is 34.2 Å². The van der Waals surface area contributed by atoms with Crippen LogP contribution in [0.2, 0.25) is 0 Å². The van der Waals surface area contributed by atoms with E-state index in [4.69, 9.17) is 0 Å². The van der Waals surface area contributed by atoms with Crippen molar-refractivity contribution in [3.8, 4) is 0 Å². The number of benzene rings is 3. The summed E-state index contributed by atoms with van der Waals surface area (Å²) < 4.78 is 0. The van der Waals surface area contributed by atoms with Gasteiger partial charge in [0, 0.05) is 35.8 Å². The van der Waals surface area contributed by atoms with E-state index in [2.05, 4.69) is 22.4 Å². The summed E-state index contributed by atoms with van der Waals surface area (Å²) in [5.41, 5.74) is 5.00. The summed E-state index contributed by atoms with van der Waals surface area (Å²) in [6.45, 7) is 0.336. The van der Waals surface area contributed by atoms with E-state index in [1.807, 2.05) is 42.6 Å². The number of aromatic amines is 1. The molecule has 0 bridgehead atoms. The second-order valence-corrected chi connectivity index (χ2v) is 8.52. The van der Waals surface area contributed by atoms with E-state index < -0.39 is 0 Å². The number of hydrogen-bond acceptors (Lipinski definition) is 3. The van der Waals surface area contributed by atoms with Gasteiger partial charge in [0.25, 0.3) is 11.8 Å². The molecule has 1 aliphatic heterocycles. The van der Waals surface area contributed by atoms with E-state index in [0.29, 0.717) is 30.5 Å². The molecule has 0 atom stereocenters. The quantitative estimate of drug-likeness (QED) is 0.371. The first-order chi connectivity index (χ1) is 16.6. The average molecular weight is 452 g/mol. The first kappa shape index (κ1) is 21.6. The number of nitrogens with zero attached hydrogens (tertiary/aromatic N) is 1. The Morgan fingerprint density at radius 1 is 0.853 bits per heavy atom. The molecule has 6 nitrogen and oxygen atoms in total. The number of aryl methyl sites for hydroxylation is 1. The molecule has 1 aromatic heterocycles. The van der Waals surface area contributed by atoms with Gasteiger partial charge in [0.05, 0.1) is 11.1 Å². The number of carbonyl (C=O) groups excluding carboxylic acids is 3. The van der Waals surface area contributed by atoms with E-state index in [1.54, 1.807) is 24.3 Å². The van der Waals surface area contributed by atoms with Crippen molar-refractivity contribution in [1.29, 1.82) is 0 Å². The van der Waals surface area contributed by atoms with E-state index in [1.165, 1.54) is 4.90 Å². The van der Waals surface area contributed by atoms with Crippen LogP contribution in [0, 0.1) is 0 Å². The predicted octanol–water partition coefficient (Wildman–Crippen LogP) is 4.97. The van der Waals surface area contributed by atoms with Crippen LogP contribution in [0.3, 0.4) is 0 Å². The highest BCUT2D eigenvalue weighted by atomic mass is 16.2. The lowest BCUT2D eigenvalue weighted by Gasteiger charge is -2.13. The van der Waals surface area contributed by atoms with Gasteiger partial charge < -0.3 is 10.3 Å². The fourth-order valence-electron chi connectivity index (χ4n) is 4.46. The zero-order valence-electron chi connectivity index (χ0n) is 18.7. The number of rotatable bonds is 8. The van der Waals surface area contributed by atoms with E-state index in [-0.39, 0.29) is 17.7 Å². The second kappa shape index (κ2) is 9.35. The normalized spacial score (nSPS) is 12.9. The largest absolute Gasteiger partial charge is 0.361 e. The molecule has 0 fully saturated rings. The number of H-pyrrole nitrogens is 1. The summed E-state index contributed by atoms with van der Waals surface area (Å²) in [4.78, 5) is 42.1. The molecule has 1 aliphatic rings. The Labute approximate surface area is 197 Å². The third kappa shape index (κ3) is 4.35. The van der Waals surface area contributed by atoms with E-state index in [0.717, 1.165) is 40.6 Å². The Hall–Kier alpha value is -4.19. The maximum Gasteiger partial charge on any atom is 0.261 e. The molecule has 2 heterocycles. The monoisotopic (exact) mass is 451 g/mol. The maximum absolute atomic E-state index is 12.6. The van der Waals surface area contributed by atoms with Gasteiger partial charge in [-0.25, -0.2) is 0 Å². The van der Waals surface area contributed by atoms with Gasteiger partial charge in [0.15, 0.2) is 0 Å². The Balaban J connectivity index is 1.20. The number of anilines is 1. The Morgan fingerprint density at radius 2 is 1.56 bits per heavy atom. The average Bonchev–Trinajstić information content (AvgIpc) is 3.36. The van der Waals surface area contributed by atoms with Crippen LogP contribution in [0.1, 0.15) is 44.7 Å². The molecule has 0 spiro atoms. The number of fused-ring (bicyclic) bond motifs is 2. The molecular weight excluding hydrogens is 426 g/mol. The van der Waals surface area contributed by atoms with Gasteiger partial charge in [-0.15, -0.1) is 0 Å². The van der Waals surface area contributed by atoms with Gasteiger partial charge in [-0.3, -0.25) is 19.3 Å². The molecule has 6 heteroatoms. The van der Waals surface area contributed by atoms with Gasteiger partial charge in [0.2, 0.25) is 5.91 Å². The van der Waals surface area contributed by atoms with Crippen molar-refractivity contribution in [3.05, 3.63) is 101 Å². The van der Waals surface area contributed by atoms with Gasteiger partial charge in [0.1, 0.15) is 0 Å². The SMILES string of the molecule is O=C(CCCc1ccc2[nH]cc(CCN3C(=O)c4ccccc4C3=O)c2c1)Nc1ccccc1. The molecule has 3 amide bonds. The number of para-hydroxylation sites is 1. The van der Waals surface area contributed by atoms with Gasteiger partial charge >= 0.3 is 0 Å². The van der Waals surface area contributed by atoms with Gasteiger partial charge in [-0.2, -0.15) is 0 Å². The topological polar surface area (TPSA) is 82.3 Å². The third-order valence-electron chi connectivity index (χ3n) is 6.24. The smallest absolute Gasteiger partial charge is 0.261 e. The van der Waals surface area contributed by atoms with E-state index in [9.17, 15) is 14.4 Å². The summed E-state index contributed by atoms with van der Waals surface area (Å²) in [5.74, 6) is -0.444. The molecule has 0 aliphatic carbocycles. The summed E-state index contributed by atoms with van der Waals surface area (Å²) in [6, 6.07) is 22.7. The Bertz CT molecular complexity index is 1340. The minimum atomic E-state index is -0.227. The summed E-state index contributed by atoms with van der Waals surface area (Å²) in [5, 5.41) is 4.00. The number of nitrogens with one attached hydrogen (secondary N) is 2. The lowest BCUT2D eigenvalue weighted by molar-refractivity contribution is -0.116. The van der Waals surface area contributed by atoms with Gasteiger partial charge in [-0.1, -0.05) is 36.4 Å². The van der Waals surface area contributed by atoms with Crippen LogP contribution < -0.4 is 5.32 Å². The lowest BCUT2D eigenvalue weighted by Crippen LogP contribution is -2.31. The van der Waals surface area contributed by atoms with Gasteiger partial charge in [-0.05, 0) is 66.8 Å². The lowest BCUT2D eigenvalue weighted by atomic mass is 10.0. The minimum absolute atomic E-state index is 0.00977. The molecule has 0 saturated heterocycles.